The third-order valence-electron chi connectivity index (χ3n) is 5.22. The molecule has 1 heterocycles. The van der Waals surface area contributed by atoms with E-state index in [1.165, 1.54) is 0 Å². The summed E-state index contributed by atoms with van der Waals surface area (Å²) in [4.78, 5) is 16.0. The zero-order valence-electron chi connectivity index (χ0n) is 17.9. The van der Waals surface area contributed by atoms with Crippen molar-refractivity contribution in [2.45, 2.75) is 64.1 Å². The highest BCUT2D eigenvalue weighted by Crippen LogP contribution is 2.46. The topological polar surface area (TPSA) is 94.5 Å². The standard InChI is InChI=1S/C22H29F2N3O3S/c1-21(2,3)10-16-12-31-19(26-16)22(4-5-22)25-11-18(28)17(27-20(29)30)8-13-6-14(23)9-15(24)7-13/h6-7,9,12,17-18,25,27-28H,4-5,8,10-11H2,1-3H3,(H,29,30)/t17-,18-/m0/s1. The van der Waals surface area contributed by atoms with Crippen LogP contribution in [0.5, 0.6) is 0 Å². The van der Waals surface area contributed by atoms with E-state index >= 15 is 0 Å². The molecule has 0 aliphatic heterocycles. The Morgan fingerprint density at radius 3 is 2.45 bits per heavy atom. The maximum atomic E-state index is 13.5. The van der Waals surface area contributed by atoms with E-state index in [1.54, 1.807) is 11.3 Å². The quantitative estimate of drug-likeness (QED) is 0.463. The molecule has 0 saturated heterocycles. The van der Waals surface area contributed by atoms with E-state index in [1.807, 2.05) is 0 Å². The minimum absolute atomic E-state index is 0.0379. The molecule has 3 rings (SSSR count). The van der Waals surface area contributed by atoms with Gasteiger partial charge in [-0.25, -0.2) is 18.6 Å². The van der Waals surface area contributed by atoms with Gasteiger partial charge < -0.3 is 20.8 Å². The van der Waals surface area contributed by atoms with Crippen molar-refractivity contribution < 1.29 is 23.8 Å². The molecule has 6 nitrogen and oxygen atoms in total. The first-order valence-corrected chi connectivity index (χ1v) is 11.2. The summed E-state index contributed by atoms with van der Waals surface area (Å²) in [6.07, 6.45) is 0.200. The van der Waals surface area contributed by atoms with Crippen LogP contribution in [0.2, 0.25) is 0 Å². The molecule has 1 amide bonds. The van der Waals surface area contributed by atoms with E-state index in [2.05, 4.69) is 36.8 Å². The highest BCUT2D eigenvalue weighted by Gasteiger charge is 2.47. The van der Waals surface area contributed by atoms with Crippen molar-refractivity contribution in [1.82, 2.24) is 15.6 Å². The Labute approximate surface area is 184 Å². The number of aliphatic hydroxyl groups is 1. The van der Waals surface area contributed by atoms with Gasteiger partial charge in [-0.1, -0.05) is 20.8 Å². The average molecular weight is 454 g/mol. The van der Waals surface area contributed by atoms with Gasteiger partial charge >= 0.3 is 6.09 Å². The minimum Gasteiger partial charge on any atom is -0.465 e. The smallest absolute Gasteiger partial charge is 0.404 e. The lowest BCUT2D eigenvalue weighted by atomic mass is 9.91. The second-order valence-corrected chi connectivity index (χ2v) is 10.3. The lowest BCUT2D eigenvalue weighted by Crippen LogP contribution is -2.49. The number of benzene rings is 1. The summed E-state index contributed by atoms with van der Waals surface area (Å²) in [6.45, 7) is 6.60. The molecule has 0 unspecified atom stereocenters. The summed E-state index contributed by atoms with van der Waals surface area (Å²) >= 11 is 1.59. The number of hydrogen-bond donors (Lipinski definition) is 4. The van der Waals surface area contributed by atoms with E-state index in [-0.39, 0.29) is 29.5 Å². The van der Waals surface area contributed by atoms with Gasteiger partial charge in [0.05, 0.1) is 23.4 Å². The molecule has 1 aliphatic rings. The van der Waals surface area contributed by atoms with Crippen molar-refractivity contribution >= 4 is 17.4 Å². The highest BCUT2D eigenvalue weighted by molar-refractivity contribution is 7.09. The molecule has 1 saturated carbocycles. The summed E-state index contributed by atoms with van der Waals surface area (Å²) in [7, 11) is 0. The summed E-state index contributed by atoms with van der Waals surface area (Å²) < 4.78 is 27.0. The van der Waals surface area contributed by atoms with E-state index < -0.39 is 29.9 Å². The van der Waals surface area contributed by atoms with Crippen LogP contribution in [0.4, 0.5) is 13.6 Å². The first kappa shape index (κ1) is 23.6. The number of hydrogen-bond acceptors (Lipinski definition) is 5. The summed E-state index contributed by atoms with van der Waals surface area (Å²) in [5, 5.41) is 28.4. The molecule has 0 spiro atoms. The lowest BCUT2D eigenvalue weighted by Gasteiger charge is -2.25. The molecule has 1 fully saturated rings. The second-order valence-electron chi connectivity index (χ2n) is 9.45. The molecule has 2 aromatic rings. The number of nitrogens with one attached hydrogen (secondary N) is 2. The number of halogens is 2. The van der Waals surface area contributed by atoms with Crippen LogP contribution in [0, 0.1) is 17.0 Å². The van der Waals surface area contributed by atoms with Crippen molar-refractivity contribution in [1.29, 1.82) is 0 Å². The van der Waals surface area contributed by atoms with Crippen LogP contribution in [0.1, 0.15) is 49.9 Å². The van der Waals surface area contributed by atoms with Gasteiger partial charge in [-0.05, 0) is 48.8 Å². The summed E-state index contributed by atoms with van der Waals surface area (Å²) in [5.74, 6) is -1.49. The first-order valence-electron chi connectivity index (χ1n) is 10.3. The minimum atomic E-state index is -1.31. The number of carbonyl (C=O) groups is 1. The molecule has 9 heteroatoms. The number of carboxylic acid groups (broad SMARTS) is 1. The van der Waals surface area contributed by atoms with Crippen molar-refractivity contribution in [3.63, 3.8) is 0 Å². The van der Waals surface area contributed by atoms with Crippen LogP contribution in [0.15, 0.2) is 23.6 Å². The third-order valence-corrected chi connectivity index (χ3v) is 6.32. The number of thiazole rings is 1. The van der Waals surface area contributed by atoms with Crippen LogP contribution >= 0.6 is 11.3 Å². The van der Waals surface area contributed by atoms with Crippen LogP contribution in [0.3, 0.4) is 0 Å². The molecular formula is C22H29F2N3O3S. The molecule has 170 valence electrons. The fourth-order valence-corrected chi connectivity index (χ4v) is 4.66. The zero-order chi connectivity index (χ0) is 22.8. The molecule has 31 heavy (non-hydrogen) atoms. The molecule has 1 aromatic heterocycles. The third kappa shape index (κ3) is 6.69. The van der Waals surface area contributed by atoms with Crippen LogP contribution in [-0.4, -0.2) is 40.0 Å². The van der Waals surface area contributed by atoms with Crippen LogP contribution in [-0.2, 0) is 18.4 Å². The number of amides is 1. The van der Waals surface area contributed by atoms with Crippen LogP contribution < -0.4 is 10.6 Å². The monoisotopic (exact) mass is 453 g/mol. The van der Waals surface area contributed by atoms with Gasteiger partial charge in [-0.15, -0.1) is 11.3 Å². The van der Waals surface area contributed by atoms with Crippen molar-refractivity contribution in [2.24, 2.45) is 5.41 Å². The molecule has 4 N–H and O–H groups in total. The van der Waals surface area contributed by atoms with E-state index in [4.69, 9.17) is 10.1 Å². The predicted molar refractivity (Wildman–Crippen MR) is 115 cm³/mol. The number of rotatable bonds is 9. The van der Waals surface area contributed by atoms with Crippen LogP contribution in [0.25, 0.3) is 0 Å². The fraction of sp³-hybridized carbons (Fsp3) is 0.545. The Kier molecular flexibility index (Phi) is 6.98. The Bertz CT molecular complexity index is 905. The maximum absolute atomic E-state index is 13.5. The normalized spacial score (nSPS) is 17.2. The largest absolute Gasteiger partial charge is 0.465 e. The maximum Gasteiger partial charge on any atom is 0.404 e. The Hall–Kier alpha value is -2.10. The fourth-order valence-electron chi connectivity index (χ4n) is 3.61. The number of aliphatic hydroxyl groups excluding tert-OH is 1. The van der Waals surface area contributed by atoms with Crippen molar-refractivity contribution in [3.05, 3.63) is 51.5 Å². The van der Waals surface area contributed by atoms with E-state index in [0.717, 1.165) is 48.2 Å². The highest BCUT2D eigenvalue weighted by atomic mass is 32.1. The molecule has 1 aromatic carbocycles. The Morgan fingerprint density at radius 1 is 1.26 bits per heavy atom. The SMILES string of the molecule is CC(C)(C)Cc1csc(C2(NC[C@H](O)[C@H](Cc3cc(F)cc(F)c3)NC(=O)O)CC2)n1. The lowest BCUT2D eigenvalue weighted by molar-refractivity contribution is 0.114. The van der Waals surface area contributed by atoms with E-state index in [9.17, 15) is 18.7 Å². The second kappa shape index (κ2) is 9.18. The van der Waals surface area contributed by atoms with Gasteiger partial charge in [0.15, 0.2) is 0 Å². The van der Waals surface area contributed by atoms with Crippen molar-refractivity contribution in [2.75, 3.05) is 6.54 Å². The Balaban J connectivity index is 1.65. The molecule has 2 atom stereocenters. The zero-order valence-corrected chi connectivity index (χ0v) is 18.7. The Morgan fingerprint density at radius 2 is 1.90 bits per heavy atom. The van der Waals surface area contributed by atoms with Gasteiger partial charge in [0.25, 0.3) is 0 Å². The molecule has 0 radical (unpaired) electrons. The van der Waals surface area contributed by atoms with Gasteiger partial charge in [0.2, 0.25) is 0 Å². The molecular weight excluding hydrogens is 424 g/mol. The number of nitrogens with zero attached hydrogens (tertiary/aromatic N) is 1. The average Bonchev–Trinajstić information content (AvgIpc) is 3.28. The van der Waals surface area contributed by atoms with Crippen molar-refractivity contribution in [3.8, 4) is 0 Å². The molecule has 1 aliphatic carbocycles. The summed E-state index contributed by atoms with van der Waals surface area (Å²) in [6, 6.07) is 2.10. The number of aromatic nitrogens is 1. The summed E-state index contributed by atoms with van der Waals surface area (Å²) in [5.41, 5.74) is 1.14. The van der Waals surface area contributed by atoms with Gasteiger partial charge in [-0.2, -0.15) is 0 Å². The van der Waals surface area contributed by atoms with Gasteiger partial charge in [0, 0.05) is 18.0 Å². The predicted octanol–water partition coefficient (Wildman–Crippen LogP) is 3.83. The van der Waals surface area contributed by atoms with Gasteiger partial charge in [0.1, 0.15) is 16.6 Å². The first-order chi connectivity index (χ1) is 14.5. The van der Waals surface area contributed by atoms with E-state index in [0.29, 0.717) is 0 Å². The molecule has 0 bridgehead atoms. The van der Waals surface area contributed by atoms with Gasteiger partial charge in [-0.3, -0.25) is 0 Å².